The summed E-state index contributed by atoms with van der Waals surface area (Å²) in [4.78, 5) is 23.6. The van der Waals surface area contributed by atoms with E-state index in [2.05, 4.69) is 15.5 Å². The topological polar surface area (TPSA) is 89.0 Å². The number of hydrogen-bond donors (Lipinski definition) is 2. The molecule has 0 aliphatic rings. The number of rotatable bonds is 10. The van der Waals surface area contributed by atoms with Crippen LogP contribution in [0, 0.1) is 0 Å². The number of nitrogens with zero attached hydrogens (tertiary/aromatic N) is 2. The van der Waals surface area contributed by atoms with Crippen molar-refractivity contribution >= 4 is 17.7 Å². The number of aromatic nitrogens is 3. The Morgan fingerprint density at radius 2 is 2.17 bits per heavy atom. The van der Waals surface area contributed by atoms with E-state index in [0.29, 0.717) is 24.9 Å². The number of ether oxygens (including phenoxy) is 1. The van der Waals surface area contributed by atoms with Crippen molar-refractivity contribution in [1.29, 1.82) is 0 Å². The van der Waals surface area contributed by atoms with Gasteiger partial charge in [-0.1, -0.05) is 42.1 Å². The summed E-state index contributed by atoms with van der Waals surface area (Å²) in [6.45, 7) is 1.72. The normalized spacial score (nSPS) is 10.7. The lowest BCUT2D eigenvalue weighted by molar-refractivity contribution is -0.118. The Morgan fingerprint density at radius 3 is 2.92 bits per heavy atom. The van der Waals surface area contributed by atoms with E-state index in [1.807, 2.05) is 30.3 Å². The number of aromatic amines is 1. The number of aryl methyl sites for hydroxylation is 1. The Bertz CT molecular complexity index is 684. The minimum absolute atomic E-state index is 0.0823. The van der Waals surface area contributed by atoms with Crippen molar-refractivity contribution in [3.63, 3.8) is 0 Å². The van der Waals surface area contributed by atoms with Crippen molar-refractivity contribution < 1.29 is 9.53 Å². The fraction of sp³-hybridized carbons (Fsp3) is 0.438. The third kappa shape index (κ3) is 5.86. The highest BCUT2D eigenvalue weighted by Crippen LogP contribution is 2.13. The van der Waals surface area contributed by atoms with Gasteiger partial charge < -0.3 is 10.1 Å². The van der Waals surface area contributed by atoms with Gasteiger partial charge in [0.05, 0.1) is 5.75 Å². The summed E-state index contributed by atoms with van der Waals surface area (Å²) < 4.78 is 6.49. The summed E-state index contributed by atoms with van der Waals surface area (Å²) in [5, 5.41) is 9.78. The number of benzene rings is 1. The van der Waals surface area contributed by atoms with Crippen LogP contribution in [0.5, 0.6) is 0 Å². The Kier molecular flexibility index (Phi) is 7.57. The average molecular weight is 350 g/mol. The SMILES string of the molecule is COCCCNC(=O)CSc1n[nH]c(=O)n1CCc1ccccc1. The van der Waals surface area contributed by atoms with Gasteiger partial charge in [-0.05, 0) is 18.4 Å². The number of thioether (sulfide) groups is 1. The van der Waals surface area contributed by atoms with Gasteiger partial charge in [-0.2, -0.15) is 0 Å². The first kappa shape index (κ1) is 18.3. The molecule has 0 saturated carbocycles. The smallest absolute Gasteiger partial charge is 0.343 e. The molecular formula is C16H22N4O3S. The van der Waals surface area contributed by atoms with Crippen molar-refractivity contribution in [1.82, 2.24) is 20.1 Å². The summed E-state index contributed by atoms with van der Waals surface area (Å²) in [5.41, 5.74) is 0.895. The van der Waals surface area contributed by atoms with Crippen molar-refractivity contribution in [3.05, 3.63) is 46.4 Å². The highest BCUT2D eigenvalue weighted by atomic mass is 32.2. The van der Waals surface area contributed by atoms with E-state index in [9.17, 15) is 9.59 Å². The zero-order valence-electron chi connectivity index (χ0n) is 13.7. The molecule has 0 aliphatic carbocycles. The number of methoxy groups -OCH3 is 1. The first-order valence-corrected chi connectivity index (χ1v) is 8.77. The molecule has 2 N–H and O–H groups in total. The monoisotopic (exact) mass is 350 g/mol. The van der Waals surface area contributed by atoms with Gasteiger partial charge in [0.15, 0.2) is 5.16 Å². The zero-order valence-corrected chi connectivity index (χ0v) is 14.5. The summed E-state index contributed by atoms with van der Waals surface area (Å²) in [7, 11) is 1.63. The van der Waals surface area contributed by atoms with Crippen LogP contribution < -0.4 is 11.0 Å². The second kappa shape index (κ2) is 9.94. The quantitative estimate of drug-likeness (QED) is 0.494. The van der Waals surface area contributed by atoms with Crippen LogP contribution in [0.2, 0.25) is 0 Å². The van der Waals surface area contributed by atoms with Gasteiger partial charge in [-0.15, -0.1) is 5.10 Å². The first-order valence-electron chi connectivity index (χ1n) is 7.78. The molecular weight excluding hydrogens is 328 g/mol. The maximum absolute atomic E-state index is 11.9. The number of amides is 1. The van der Waals surface area contributed by atoms with Crippen LogP contribution in [0.1, 0.15) is 12.0 Å². The van der Waals surface area contributed by atoms with Gasteiger partial charge in [0.2, 0.25) is 5.91 Å². The Hall–Kier alpha value is -2.06. The lowest BCUT2D eigenvalue weighted by Gasteiger charge is -2.06. The molecule has 0 fully saturated rings. The molecule has 0 bridgehead atoms. The summed E-state index contributed by atoms with van der Waals surface area (Å²) in [5.74, 6) is 0.143. The second-order valence-electron chi connectivity index (χ2n) is 5.18. The fourth-order valence-electron chi connectivity index (χ4n) is 2.12. The number of hydrogen-bond acceptors (Lipinski definition) is 5. The molecule has 2 rings (SSSR count). The van der Waals surface area contributed by atoms with Crippen molar-refractivity contribution in [3.8, 4) is 0 Å². The van der Waals surface area contributed by atoms with Gasteiger partial charge in [-0.25, -0.2) is 9.89 Å². The highest BCUT2D eigenvalue weighted by Gasteiger charge is 2.11. The molecule has 1 aromatic heterocycles. The maximum atomic E-state index is 11.9. The molecule has 0 unspecified atom stereocenters. The predicted octanol–water partition coefficient (Wildman–Crippen LogP) is 1.06. The molecule has 2 aromatic rings. The van der Waals surface area contributed by atoms with Crippen molar-refractivity contribution in [2.75, 3.05) is 26.0 Å². The van der Waals surface area contributed by atoms with Crippen LogP contribution >= 0.6 is 11.8 Å². The highest BCUT2D eigenvalue weighted by molar-refractivity contribution is 7.99. The van der Waals surface area contributed by atoms with Gasteiger partial charge in [0.25, 0.3) is 0 Å². The Labute approximate surface area is 144 Å². The van der Waals surface area contributed by atoms with Crippen molar-refractivity contribution in [2.24, 2.45) is 0 Å². The standard InChI is InChI=1S/C16H22N4O3S/c1-23-11-5-9-17-14(21)12-24-16-19-18-15(22)20(16)10-8-13-6-3-2-4-7-13/h2-4,6-7H,5,8-12H2,1H3,(H,17,21)(H,18,22). The minimum Gasteiger partial charge on any atom is -0.385 e. The van der Waals surface area contributed by atoms with E-state index in [0.717, 1.165) is 18.4 Å². The molecule has 8 heteroatoms. The van der Waals surface area contributed by atoms with E-state index < -0.39 is 0 Å². The molecule has 1 aromatic carbocycles. The molecule has 24 heavy (non-hydrogen) atoms. The Balaban J connectivity index is 1.83. The number of nitrogens with one attached hydrogen (secondary N) is 2. The van der Waals surface area contributed by atoms with Crippen LogP contribution in [-0.4, -0.2) is 46.7 Å². The third-order valence-electron chi connectivity index (χ3n) is 3.37. The molecule has 0 atom stereocenters. The molecule has 0 spiro atoms. The van der Waals surface area contributed by atoms with Crippen LogP contribution in [0.4, 0.5) is 0 Å². The van der Waals surface area contributed by atoms with Crippen LogP contribution in [0.25, 0.3) is 0 Å². The molecule has 0 saturated heterocycles. The predicted molar refractivity (Wildman–Crippen MR) is 93.2 cm³/mol. The van der Waals surface area contributed by atoms with E-state index >= 15 is 0 Å². The fourth-order valence-corrected chi connectivity index (χ4v) is 2.92. The average Bonchev–Trinajstić information content (AvgIpc) is 2.96. The Morgan fingerprint density at radius 1 is 1.38 bits per heavy atom. The molecule has 7 nitrogen and oxygen atoms in total. The molecule has 1 amide bonds. The number of H-pyrrole nitrogens is 1. The minimum atomic E-state index is -0.256. The van der Waals surface area contributed by atoms with Crippen LogP contribution in [0.15, 0.2) is 40.3 Å². The summed E-state index contributed by atoms with van der Waals surface area (Å²) in [6.07, 6.45) is 1.51. The molecule has 0 aliphatic heterocycles. The molecule has 0 radical (unpaired) electrons. The summed E-state index contributed by atoms with van der Waals surface area (Å²) in [6, 6.07) is 9.94. The van der Waals surface area contributed by atoms with Gasteiger partial charge >= 0.3 is 5.69 Å². The molecule has 130 valence electrons. The lowest BCUT2D eigenvalue weighted by atomic mass is 10.1. The van der Waals surface area contributed by atoms with Gasteiger partial charge in [-0.3, -0.25) is 9.36 Å². The van der Waals surface area contributed by atoms with Gasteiger partial charge in [0, 0.05) is 26.8 Å². The first-order chi connectivity index (χ1) is 11.7. The van der Waals surface area contributed by atoms with E-state index in [-0.39, 0.29) is 17.3 Å². The zero-order chi connectivity index (χ0) is 17.2. The number of carbonyl (C=O) groups is 1. The molecule has 1 heterocycles. The van der Waals surface area contributed by atoms with Crippen LogP contribution in [-0.2, 0) is 22.5 Å². The third-order valence-corrected chi connectivity index (χ3v) is 4.35. The van der Waals surface area contributed by atoms with E-state index in [1.165, 1.54) is 11.8 Å². The van der Waals surface area contributed by atoms with Crippen molar-refractivity contribution in [2.45, 2.75) is 24.5 Å². The lowest BCUT2D eigenvalue weighted by Crippen LogP contribution is -2.27. The summed E-state index contributed by atoms with van der Waals surface area (Å²) >= 11 is 1.25. The largest absolute Gasteiger partial charge is 0.385 e. The van der Waals surface area contributed by atoms with Gasteiger partial charge in [0.1, 0.15) is 0 Å². The number of carbonyl (C=O) groups excluding carboxylic acids is 1. The van der Waals surface area contributed by atoms with E-state index in [4.69, 9.17) is 4.74 Å². The maximum Gasteiger partial charge on any atom is 0.343 e. The van der Waals surface area contributed by atoms with E-state index in [1.54, 1.807) is 11.7 Å². The second-order valence-corrected chi connectivity index (χ2v) is 6.13. The van der Waals surface area contributed by atoms with Crippen LogP contribution in [0.3, 0.4) is 0 Å².